The Hall–Kier alpha value is -1.26. The van der Waals surface area contributed by atoms with Crippen molar-refractivity contribution in [1.29, 1.82) is 0 Å². The lowest BCUT2D eigenvalue weighted by Gasteiger charge is -2.33. The second kappa shape index (κ2) is 6.95. The first-order chi connectivity index (χ1) is 9.20. The molecule has 5 heteroatoms. The molecule has 0 aromatic carbocycles. The zero-order chi connectivity index (χ0) is 15.3. The summed E-state index contributed by atoms with van der Waals surface area (Å²) in [6, 6.07) is 0.163. The van der Waals surface area contributed by atoms with Gasteiger partial charge in [0.25, 0.3) is 0 Å². The molecule has 116 valence electrons. The first kappa shape index (κ1) is 16.8. The highest BCUT2D eigenvalue weighted by atomic mass is 16.6. The van der Waals surface area contributed by atoms with E-state index in [2.05, 4.69) is 5.32 Å². The SMILES string of the molecule is CC(C)COC(=O)N1CCC(NC(=O)C(C)(C)C)CC1. The van der Waals surface area contributed by atoms with Crippen molar-refractivity contribution in [3.05, 3.63) is 0 Å². The minimum atomic E-state index is -0.368. The molecule has 1 rings (SSSR count). The van der Waals surface area contributed by atoms with Crippen molar-refractivity contribution in [1.82, 2.24) is 10.2 Å². The second-order valence-electron chi connectivity index (χ2n) is 6.96. The Bertz CT molecular complexity index is 340. The number of nitrogens with zero attached hydrogens (tertiary/aromatic N) is 1. The first-order valence-corrected chi connectivity index (χ1v) is 7.43. The van der Waals surface area contributed by atoms with Crippen LogP contribution in [-0.4, -0.2) is 42.6 Å². The summed E-state index contributed by atoms with van der Waals surface area (Å²) in [6.45, 7) is 11.5. The molecule has 0 radical (unpaired) electrons. The van der Waals surface area contributed by atoms with Crippen molar-refractivity contribution in [2.45, 2.75) is 53.5 Å². The normalized spacial score (nSPS) is 17.2. The summed E-state index contributed by atoms with van der Waals surface area (Å²) in [5.74, 6) is 0.417. The Kier molecular flexibility index (Phi) is 5.84. The van der Waals surface area contributed by atoms with Crippen LogP contribution in [0.1, 0.15) is 47.5 Å². The Morgan fingerprint density at radius 3 is 2.25 bits per heavy atom. The number of carbonyl (C=O) groups excluding carboxylic acids is 2. The van der Waals surface area contributed by atoms with Crippen molar-refractivity contribution in [2.75, 3.05) is 19.7 Å². The van der Waals surface area contributed by atoms with Crippen LogP contribution in [0.2, 0.25) is 0 Å². The molecule has 1 fully saturated rings. The summed E-state index contributed by atoms with van der Waals surface area (Å²) in [4.78, 5) is 25.4. The van der Waals surface area contributed by atoms with E-state index in [4.69, 9.17) is 4.74 Å². The van der Waals surface area contributed by atoms with E-state index in [0.717, 1.165) is 12.8 Å². The molecule has 1 N–H and O–H groups in total. The maximum absolute atomic E-state index is 11.9. The van der Waals surface area contributed by atoms with Gasteiger partial charge in [0.05, 0.1) is 6.61 Å². The summed E-state index contributed by atoms with van der Waals surface area (Å²) in [7, 11) is 0. The number of piperidine rings is 1. The van der Waals surface area contributed by atoms with Gasteiger partial charge in [0, 0.05) is 24.5 Å². The smallest absolute Gasteiger partial charge is 0.409 e. The van der Waals surface area contributed by atoms with Gasteiger partial charge in [-0.15, -0.1) is 0 Å². The number of hydrogen-bond donors (Lipinski definition) is 1. The number of amides is 2. The molecule has 0 spiro atoms. The fraction of sp³-hybridized carbons (Fsp3) is 0.867. The van der Waals surface area contributed by atoms with Crippen molar-refractivity contribution in [3.63, 3.8) is 0 Å². The first-order valence-electron chi connectivity index (χ1n) is 7.43. The van der Waals surface area contributed by atoms with E-state index in [9.17, 15) is 9.59 Å². The quantitative estimate of drug-likeness (QED) is 0.865. The number of ether oxygens (including phenoxy) is 1. The summed E-state index contributed by atoms with van der Waals surface area (Å²) in [5.41, 5.74) is -0.368. The van der Waals surface area contributed by atoms with E-state index in [1.807, 2.05) is 34.6 Å². The van der Waals surface area contributed by atoms with Gasteiger partial charge in [-0.25, -0.2) is 4.79 Å². The Morgan fingerprint density at radius 1 is 1.25 bits per heavy atom. The molecule has 1 heterocycles. The molecule has 0 aromatic heterocycles. The lowest BCUT2D eigenvalue weighted by atomic mass is 9.94. The number of hydrogen-bond acceptors (Lipinski definition) is 3. The summed E-state index contributed by atoms with van der Waals surface area (Å²) < 4.78 is 5.21. The van der Waals surface area contributed by atoms with Crippen LogP contribution in [0, 0.1) is 11.3 Å². The number of carbonyl (C=O) groups is 2. The van der Waals surface area contributed by atoms with Gasteiger partial charge in [-0.2, -0.15) is 0 Å². The van der Waals surface area contributed by atoms with Crippen molar-refractivity contribution in [2.24, 2.45) is 11.3 Å². The zero-order valence-electron chi connectivity index (χ0n) is 13.4. The molecule has 0 aliphatic carbocycles. The number of likely N-dealkylation sites (tertiary alicyclic amines) is 1. The molecule has 5 nitrogen and oxygen atoms in total. The zero-order valence-corrected chi connectivity index (χ0v) is 13.4. The van der Waals surface area contributed by atoms with Crippen LogP contribution < -0.4 is 5.32 Å². The number of rotatable bonds is 3. The highest BCUT2D eigenvalue weighted by molar-refractivity contribution is 5.81. The van der Waals surface area contributed by atoms with Crippen LogP contribution in [0.5, 0.6) is 0 Å². The highest BCUT2D eigenvalue weighted by Crippen LogP contribution is 2.16. The van der Waals surface area contributed by atoms with E-state index in [0.29, 0.717) is 25.6 Å². The fourth-order valence-corrected chi connectivity index (χ4v) is 1.94. The molecule has 20 heavy (non-hydrogen) atoms. The van der Waals surface area contributed by atoms with Gasteiger partial charge in [-0.1, -0.05) is 34.6 Å². The molecule has 2 amide bonds. The molecular formula is C15H28N2O3. The average molecular weight is 284 g/mol. The molecular weight excluding hydrogens is 256 g/mol. The Balaban J connectivity index is 2.33. The van der Waals surface area contributed by atoms with Crippen LogP contribution in [0.3, 0.4) is 0 Å². The van der Waals surface area contributed by atoms with E-state index in [1.165, 1.54) is 0 Å². The third-order valence-electron chi connectivity index (χ3n) is 3.31. The monoisotopic (exact) mass is 284 g/mol. The molecule has 1 aliphatic heterocycles. The summed E-state index contributed by atoms with van der Waals surface area (Å²) in [5, 5.41) is 3.05. The minimum Gasteiger partial charge on any atom is -0.449 e. The van der Waals surface area contributed by atoms with Gasteiger partial charge in [-0.05, 0) is 18.8 Å². The lowest BCUT2D eigenvalue weighted by molar-refractivity contribution is -0.129. The van der Waals surface area contributed by atoms with Crippen molar-refractivity contribution < 1.29 is 14.3 Å². The highest BCUT2D eigenvalue weighted by Gasteiger charge is 2.28. The molecule has 0 bridgehead atoms. The van der Waals surface area contributed by atoms with E-state index < -0.39 is 0 Å². The van der Waals surface area contributed by atoms with Crippen LogP contribution in [-0.2, 0) is 9.53 Å². The third-order valence-corrected chi connectivity index (χ3v) is 3.31. The van der Waals surface area contributed by atoms with Gasteiger partial charge in [-0.3, -0.25) is 4.79 Å². The molecule has 0 saturated carbocycles. The summed E-state index contributed by atoms with van der Waals surface area (Å²) >= 11 is 0. The van der Waals surface area contributed by atoms with Gasteiger partial charge in [0.1, 0.15) is 0 Å². The second-order valence-corrected chi connectivity index (χ2v) is 6.96. The van der Waals surface area contributed by atoms with E-state index in [-0.39, 0.29) is 23.5 Å². The molecule has 1 saturated heterocycles. The van der Waals surface area contributed by atoms with Crippen LogP contribution in [0.25, 0.3) is 0 Å². The largest absolute Gasteiger partial charge is 0.449 e. The van der Waals surface area contributed by atoms with E-state index >= 15 is 0 Å². The van der Waals surface area contributed by atoms with Crippen molar-refractivity contribution >= 4 is 12.0 Å². The van der Waals surface area contributed by atoms with Gasteiger partial charge < -0.3 is 15.0 Å². The van der Waals surface area contributed by atoms with Crippen LogP contribution in [0.4, 0.5) is 4.79 Å². The maximum Gasteiger partial charge on any atom is 0.409 e. The van der Waals surface area contributed by atoms with Gasteiger partial charge in [0.15, 0.2) is 0 Å². The Labute approximate surface area is 122 Å². The van der Waals surface area contributed by atoms with Crippen LogP contribution in [0.15, 0.2) is 0 Å². The predicted octanol–water partition coefficient (Wildman–Crippen LogP) is 2.41. The third kappa shape index (κ3) is 5.39. The van der Waals surface area contributed by atoms with Gasteiger partial charge >= 0.3 is 6.09 Å². The summed E-state index contributed by atoms with van der Waals surface area (Å²) in [6.07, 6.45) is 1.34. The standard InChI is InChI=1S/C15H28N2O3/c1-11(2)10-20-14(19)17-8-6-12(7-9-17)16-13(18)15(3,4)5/h11-12H,6-10H2,1-5H3,(H,16,18). The van der Waals surface area contributed by atoms with Crippen LogP contribution >= 0.6 is 0 Å². The molecule has 0 aromatic rings. The lowest BCUT2D eigenvalue weighted by Crippen LogP contribution is -2.49. The molecule has 0 unspecified atom stereocenters. The maximum atomic E-state index is 11.9. The Morgan fingerprint density at radius 2 is 1.80 bits per heavy atom. The topological polar surface area (TPSA) is 58.6 Å². The minimum absolute atomic E-state index is 0.0679. The average Bonchev–Trinajstić information content (AvgIpc) is 2.35. The number of nitrogens with one attached hydrogen (secondary N) is 1. The van der Waals surface area contributed by atoms with E-state index in [1.54, 1.807) is 4.90 Å². The predicted molar refractivity (Wildman–Crippen MR) is 78.4 cm³/mol. The van der Waals surface area contributed by atoms with Gasteiger partial charge in [0.2, 0.25) is 5.91 Å². The fourth-order valence-electron chi connectivity index (χ4n) is 1.94. The molecule has 0 atom stereocenters. The van der Waals surface area contributed by atoms with Crippen molar-refractivity contribution in [3.8, 4) is 0 Å². The molecule has 1 aliphatic rings.